The number of nitro groups is 1. The molecule has 132 valence electrons. The number of aromatic nitrogens is 1. The molecule has 1 aromatic heterocycles. The van der Waals surface area contributed by atoms with Gasteiger partial charge >= 0.3 is 11.9 Å². The highest BCUT2D eigenvalue weighted by molar-refractivity contribution is 6.05. The van der Waals surface area contributed by atoms with E-state index in [9.17, 15) is 28.1 Å². The summed E-state index contributed by atoms with van der Waals surface area (Å²) in [5.41, 5.74) is -2.40. The normalized spacial score (nSPS) is 11.0. The number of nitrogens with zero attached hydrogens (tertiary/aromatic N) is 2. The molecule has 0 atom stereocenters. The van der Waals surface area contributed by atoms with E-state index in [1.165, 1.54) is 12.1 Å². The highest BCUT2D eigenvalue weighted by Crippen LogP contribution is 2.33. The summed E-state index contributed by atoms with van der Waals surface area (Å²) in [6, 6.07) is 6.37. The van der Waals surface area contributed by atoms with Crippen molar-refractivity contribution in [3.8, 4) is 5.88 Å². The first-order valence-electron chi connectivity index (χ1n) is 6.99. The number of hydrogen-bond acceptors (Lipinski definition) is 5. The topological polar surface area (TPSA) is 94.4 Å². The number of carbonyl (C=O) groups excluding carboxylic acids is 1. The SMILES string of the molecule is CCOc1ccc([N+](=O)[O-])c(NC(=O)c2ccccc2C(F)(F)F)n1. The minimum Gasteiger partial charge on any atom is -0.478 e. The molecule has 0 spiro atoms. The molecule has 2 rings (SSSR count). The molecule has 0 fully saturated rings. The lowest BCUT2D eigenvalue weighted by Gasteiger charge is -2.12. The molecule has 0 saturated heterocycles. The number of anilines is 1. The lowest BCUT2D eigenvalue weighted by molar-refractivity contribution is -0.384. The number of rotatable bonds is 5. The summed E-state index contributed by atoms with van der Waals surface area (Å²) in [7, 11) is 0. The Hall–Kier alpha value is -3.17. The molecule has 0 aliphatic carbocycles. The molecule has 0 radical (unpaired) electrons. The standard InChI is InChI=1S/C15H12F3N3O4/c1-2-25-12-8-7-11(21(23)24)13(19-12)20-14(22)9-5-3-4-6-10(9)15(16,17)18/h3-8H,2H2,1H3,(H,19,20,22). The Kier molecular flexibility index (Phi) is 5.20. The van der Waals surface area contributed by atoms with Gasteiger partial charge in [0, 0.05) is 12.1 Å². The van der Waals surface area contributed by atoms with Crippen molar-refractivity contribution in [1.29, 1.82) is 0 Å². The number of nitrogens with one attached hydrogen (secondary N) is 1. The van der Waals surface area contributed by atoms with Gasteiger partial charge in [0.05, 0.1) is 22.7 Å². The fraction of sp³-hybridized carbons (Fsp3) is 0.200. The van der Waals surface area contributed by atoms with Crippen molar-refractivity contribution in [3.05, 3.63) is 57.6 Å². The Bertz CT molecular complexity index is 809. The van der Waals surface area contributed by atoms with Crippen LogP contribution in [0.25, 0.3) is 0 Å². The molecule has 0 unspecified atom stereocenters. The highest BCUT2D eigenvalue weighted by Gasteiger charge is 2.35. The number of ether oxygens (including phenoxy) is 1. The van der Waals surface area contributed by atoms with Gasteiger partial charge in [0.25, 0.3) is 5.91 Å². The van der Waals surface area contributed by atoms with Gasteiger partial charge in [0.2, 0.25) is 11.7 Å². The zero-order valence-electron chi connectivity index (χ0n) is 12.8. The van der Waals surface area contributed by atoms with Crippen LogP contribution in [-0.2, 0) is 6.18 Å². The summed E-state index contributed by atoms with van der Waals surface area (Å²) in [5.74, 6) is -1.68. The van der Waals surface area contributed by atoms with E-state index in [1.807, 2.05) is 5.32 Å². The Morgan fingerprint density at radius 3 is 2.56 bits per heavy atom. The smallest absolute Gasteiger partial charge is 0.417 e. The number of amides is 1. The van der Waals surface area contributed by atoms with Crippen LogP contribution in [0.2, 0.25) is 0 Å². The second-order valence-electron chi connectivity index (χ2n) is 4.70. The maximum Gasteiger partial charge on any atom is 0.417 e. The monoisotopic (exact) mass is 355 g/mol. The molecule has 10 heteroatoms. The average Bonchev–Trinajstić information content (AvgIpc) is 2.54. The van der Waals surface area contributed by atoms with Crippen LogP contribution in [0.1, 0.15) is 22.8 Å². The molecule has 0 bridgehead atoms. The fourth-order valence-electron chi connectivity index (χ4n) is 2.00. The van der Waals surface area contributed by atoms with E-state index in [0.717, 1.165) is 24.3 Å². The van der Waals surface area contributed by atoms with Gasteiger partial charge in [-0.1, -0.05) is 12.1 Å². The number of benzene rings is 1. The zero-order chi connectivity index (χ0) is 18.6. The molecular weight excluding hydrogens is 343 g/mol. The molecule has 25 heavy (non-hydrogen) atoms. The van der Waals surface area contributed by atoms with E-state index < -0.39 is 39.6 Å². The van der Waals surface area contributed by atoms with Crippen LogP contribution >= 0.6 is 0 Å². The maximum atomic E-state index is 13.0. The summed E-state index contributed by atoms with van der Waals surface area (Å²) in [6.07, 6.45) is -4.75. The van der Waals surface area contributed by atoms with Crippen LogP contribution in [0, 0.1) is 10.1 Å². The summed E-state index contributed by atoms with van der Waals surface area (Å²) in [5, 5.41) is 13.1. The van der Waals surface area contributed by atoms with Crippen LogP contribution in [0.3, 0.4) is 0 Å². The third-order valence-corrected chi connectivity index (χ3v) is 3.05. The molecule has 2 aromatic rings. The number of hydrogen-bond donors (Lipinski definition) is 1. The second-order valence-corrected chi connectivity index (χ2v) is 4.70. The van der Waals surface area contributed by atoms with E-state index in [-0.39, 0.29) is 12.5 Å². The summed E-state index contributed by atoms with van der Waals surface area (Å²) >= 11 is 0. The van der Waals surface area contributed by atoms with E-state index >= 15 is 0 Å². The lowest BCUT2D eigenvalue weighted by atomic mass is 10.1. The van der Waals surface area contributed by atoms with Gasteiger partial charge in [-0.25, -0.2) is 0 Å². The van der Waals surface area contributed by atoms with Gasteiger partial charge < -0.3 is 10.1 Å². The highest BCUT2D eigenvalue weighted by atomic mass is 19.4. The molecule has 0 aliphatic heterocycles. The van der Waals surface area contributed by atoms with Crippen LogP contribution in [0.15, 0.2) is 36.4 Å². The van der Waals surface area contributed by atoms with E-state index in [2.05, 4.69) is 4.98 Å². The summed E-state index contributed by atoms with van der Waals surface area (Å²) in [4.78, 5) is 26.2. The third kappa shape index (κ3) is 4.22. The predicted octanol–water partition coefficient (Wildman–Crippen LogP) is 3.66. The van der Waals surface area contributed by atoms with Crippen molar-refractivity contribution in [2.75, 3.05) is 11.9 Å². The van der Waals surface area contributed by atoms with Gasteiger partial charge in [-0.15, -0.1) is 0 Å². The van der Waals surface area contributed by atoms with Gasteiger partial charge in [0.15, 0.2) is 0 Å². The Morgan fingerprint density at radius 1 is 1.28 bits per heavy atom. The number of halogens is 3. The van der Waals surface area contributed by atoms with Crippen molar-refractivity contribution in [1.82, 2.24) is 4.98 Å². The Morgan fingerprint density at radius 2 is 1.96 bits per heavy atom. The third-order valence-electron chi connectivity index (χ3n) is 3.05. The van der Waals surface area contributed by atoms with Gasteiger partial charge in [-0.3, -0.25) is 14.9 Å². The van der Waals surface area contributed by atoms with Crippen molar-refractivity contribution in [3.63, 3.8) is 0 Å². The lowest BCUT2D eigenvalue weighted by Crippen LogP contribution is -2.19. The van der Waals surface area contributed by atoms with Crippen LogP contribution in [-0.4, -0.2) is 22.4 Å². The quantitative estimate of drug-likeness (QED) is 0.652. The molecule has 0 aliphatic rings. The van der Waals surface area contributed by atoms with Gasteiger partial charge in [-0.2, -0.15) is 18.2 Å². The molecule has 0 saturated carbocycles. The van der Waals surface area contributed by atoms with Crippen molar-refractivity contribution < 1.29 is 27.6 Å². The molecule has 1 N–H and O–H groups in total. The van der Waals surface area contributed by atoms with Gasteiger partial charge in [-0.05, 0) is 19.1 Å². The average molecular weight is 355 g/mol. The van der Waals surface area contributed by atoms with Crippen molar-refractivity contribution in [2.24, 2.45) is 0 Å². The number of carbonyl (C=O) groups is 1. The first-order chi connectivity index (χ1) is 11.7. The van der Waals surface area contributed by atoms with E-state index in [0.29, 0.717) is 0 Å². The molecule has 1 aromatic carbocycles. The summed E-state index contributed by atoms with van der Waals surface area (Å²) < 4.78 is 44.1. The van der Waals surface area contributed by atoms with Crippen LogP contribution in [0.5, 0.6) is 5.88 Å². The maximum absolute atomic E-state index is 13.0. The first-order valence-corrected chi connectivity index (χ1v) is 6.99. The van der Waals surface area contributed by atoms with Gasteiger partial charge in [0.1, 0.15) is 0 Å². The van der Waals surface area contributed by atoms with E-state index in [1.54, 1.807) is 6.92 Å². The zero-order valence-corrected chi connectivity index (χ0v) is 12.8. The molecule has 7 nitrogen and oxygen atoms in total. The Labute approximate surface area is 139 Å². The fourth-order valence-corrected chi connectivity index (χ4v) is 2.00. The van der Waals surface area contributed by atoms with Crippen molar-refractivity contribution in [2.45, 2.75) is 13.1 Å². The second kappa shape index (κ2) is 7.16. The Balaban J connectivity index is 2.41. The molecule has 1 heterocycles. The number of pyridine rings is 1. The van der Waals surface area contributed by atoms with Crippen LogP contribution < -0.4 is 10.1 Å². The number of alkyl halides is 3. The molecule has 1 amide bonds. The van der Waals surface area contributed by atoms with E-state index in [4.69, 9.17) is 4.74 Å². The largest absolute Gasteiger partial charge is 0.478 e. The van der Waals surface area contributed by atoms with Crippen LogP contribution in [0.4, 0.5) is 24.7 Å². The first kappa shape index (κ1) is 18.2. The predicted molar refractivity (Wildman–Crippen MR) is 81.5 cm³/mol. The minimum atomic E-state index is -4.75. The molecular formula is C15H12F3N3O4. The summed E-state index contributed by atoms with van der Waals surface area (Å²) in [6.45, 7) is 1.87. The van der Waals surface area contributed by atoms with Crippen molar-refractivity contribution >= 4 is 17.4 Å². The minimum absolute atomic E-state index is 0.00694.